The number of rotatable bonds is 3. The quantitative estimate of drug-likeness (QED) is 0.583. The molecule has 0 saturated heterocycles. The lowest BCUT2D eigenvalue weighted by molar-refractivity contribution is -0.197. The van der Waals surface area contributed by atoms with E-state index >= 15 is 0 Å². The lowest BCUT2D eigenvalue weighted by Gasteiger charge is -2.61. The number of ketones is 1. The van der Waals surface area contributed by atoms with Gasteiger partial charge >= 0.3 is 5.97 Å². The molecule has 3 aliphatic carbocycles. The Labute approximate surface area is 162 Å². The first-order valence-corrected chi connectivity index (χ1v) is 10.2. The fraction of sp³-hybridized carbons (Fsp3) is 0.818. The van der Waals surface area contributed by atoms with Crippen LogP contribution in [0.4, 0.5) is 0 Å². The van der Waals surface area contributed by atoms with E-state index < -0.39 is 30.2 Å². The topological polar surface area (TPSA) is 83.8 Å². The van der Waals surface area contributed by atoms with E-state index in [9.17, 15) is 19.8 Å². The Morgan fingerprint density at radius 2 is 2.00 bits per heavy atom. The molecule has 1 unspecified atom stereocenters. The Balaban J connectivity index is 2.17. The molecule has 0 amide bonds. The molecule has 5 nitrogen and oxygen atoms in total. The predicted molar refractivity (Wildman–Crippen MR) is 102 cm³/mol. The smallest absolute Gasteiger partial charge is 0.332 e. The summed E-state index contributed by atoms with van der Waals surface area (Å²) in [7, 11) is 0. The second kappa shape index (κ2) is 6.70. The molecule has 3 aliphatic rings. The van der Waals surface area contributed by atoms with Crippen LogP contribution in [-0.4, -0.2) is 40.8 Å². The first-order valence-electron chi connectivity index (χ1n) is 10.2. The van der Waals surface area contributed by atoms with Crippen LogP contribution in [0.1, 0.15) is 59.8 Å². The molecular weight excluding hydrogens is 344 g/mol. The number of hydrogen-bond donors (Lipinski definition) is 2. The third-order valence-electron chi connectivity index (χ3n) is 8.74. The fourth-order valence-corrected chi connectivity index (χ4v) is 6.68. The minimum Gasteiger partial charge on any atom is -0.460 e. The van der Waals surface area contributed by atoms with Crippen LogP contribution in [-0.2, 0) is 14.3 Å². The summed E-state index contributed by atoms with van der Waals surface area (Å²) in [6, 6.07) is 0. The highest BCUT2D eigenvalue weighted by molar-refractivity contribution is 5.85. The molecule has 0 aromatic rings. The first kappa shape index (κ1) is 20.5. The molecule has 5 heteroatoms. The van der Waals surface area contributed by atoms with E-state index in [1.807, 2.05) is 13.8 Å². The van der Waals surface area contributed by atoms with Crippen molar-refractivity contribution in [2.24, 2.45) is 34.0 Å². The van der Waals surface area contributed by atoms with Gasteiger partial charge in [0.05, 0.1) is 6.10 Å². The van der Waals surface area contributed by atoms with Crippen molar-refractivity contribution in [3.63, 3.8) is 0 Å². The fourth-order valence-electron chi connectivity index (χ4n) is 6.68. The Morgan fingerprint density at radius 3 is 2.59 bits per heavy atom. The summed E-state index contributed by atoms with van der Waals surface area (Å²) in [5.74, 6) is -0.339. The molecule has 0 aromatic carbocycles. The standard InChI is InChI=1S/C22H34O5/c1-6-20(4)16(27-17(25)12-23)11-21(5)13(2)7-9-22(14(3)19(20)26)10-8-15(24)18(21)22/h6,13-14,16,18-19,23,26H,1,7-12H2,2-5H3/t13?,14-,16-,18-,19-,20+,21+,22-/m0/s1. The number of Topliss-reactive ketones (excluding diaryl/α,β-unsaturated/α-hetero) is 1. The third kappa shape index (κ3) is 2.72. The maximum atomic E-state index is 13.1. The van der Waals surface area contributed by atoms with Crippen LogP contribution in [0.5, 0.6) is 0 Å². The van der Waals surface area contributed by atoms with E-state index in [0.717, 1.165) is 19.3 Å². The second-order valence-corrected chi connectivity index (χ2v) is 9.72. The third-order valence-corrected chi connectivity index (χ3v) is 8.74. The van der Waals surface area contributed by atoms with Gasteiger partial charge in [0.25, 0.3) is 0 Å². The van der Waals surface area contributed by atoms with Crippen LogP contribution in [0.3, 0.4) is 0 Å². The minimum atomic E-state index is -0.841. The van der Waals surface area contributed by atoms with Gasteiger partial charge in [0, 0.05) is 17.8 Å². The van der Waals surface area contributed by atoms with Crippen LogP contribution in [0.2, 0.25) is 0 Å². The van der Waals surface area contributed by atoms with Gasteiger partial charge in [-0.3, -0.25) is 4.79 Å². The van der Waals surface area contributed by atoms with E-state index in [1.54, 1.807) is 6.08 Å². The summed E-state index contributed by atoms with van der Waals surface area (Å²) in [6.45, 7) is 11.5. The SMILES string of the molecule is C=C[C@]1(C)[C@@H](OC(=O)CO)C[C@]2(C)C(C)CC[C@]3(CCC(=O)[C@H]32)[C@@H](C)[C@@H]1O. The van der Waals surface area contributed by atoms with Crippen molar-refractivity contribution < 1.29 is 24.5 Å². The van der Waals surface area contributed by atoms with Gasteiger partial charge in [0.2, 0.25) is 0 Å². The number of hydrogen-bond acceptors (Lipinski definition) is 5. The Bertz CT molecular complexity index is 645. The number of aliphatic hydroxyl groups excluding tert-OH is 2. The highest BCUT2D eigenvalue weighted by Crippen LogP contribution is 2.67. The van der Waals surface area contributed by atoms with E-state index in [4.69, 9.17) is 4.74 Å². The van der Waals surface area contributed by atoms with E-state index in [2.05, 4.69) is 20.4 Å². The molecule has 2 N–H and O–H groups in total. The highest BCUT2D eigenvalue weighted by Gasteiger charge is 2.66. The lowest BCUT2D eigenvalue weighted by atomic mass is 9.44. The molecule has 0 aromatic heterocycles. The van der Waals surface area contributed by atoms with Crippen LogP contribution < -0.4 is 0 Å². The van der Waals surface area contributed by atoms with Crippen molar-refractivity contribution in [3.8, 4) is 0 Å². The van der Waals surface area contributed by atoms with Gasteiger partial charge < -0.3 is 14.9 Å². The summed E-state index contributed by atoms with van der Waals surface area (Å²) in [6.07, 6.45) is 4.12. The summed E-state index contributed by atoms with van der Waals surface area (Å²) < 4.78 is 5.66. The predicted octanol–water partition coefficient (Wildman–Crippen LogP) is 2.89. The molecule has 0 radical (unpaired) electrons. The van der Waals surface area contributed by atoms with Crippen molar-refractivity contribution in [1.29, 1.82) is 0 Å². The zero-order chi connectivity index (χ0) is 20.2. The van der Waals surface area contributed by atoms with Gasteiger partial charge in [-0.2, -0.15) is 0 Å². The minimum absolute atomic E-state index is 0.112. The van der Waals surface area contributed by atoms with Crippen molar-refractivity contribution in [2.45, 2.75) is 72.0 Å². The molecular formula is C22H34O5. The Morgan fingerprint density at radius 1 is 1.33 bits per heavy atom. The number of carbonyl (C=O) groups is 2. The monoisotopic (exact) mass is 378 g/mol. The van der Waals surface area contributed by atoms with Crippen LogP contribution in [0.25, 0.3) is 0 Å². The summed E-state index contributed by atoms with van der Waals surface area (Å²) in [5.41, 5.74) is -1.36. The normalized spacial score (nSPS) is 49.7. The van der Waals surface area contributed by atoms with Crippen molar-refractivity contribution in [1.82, 2.24) is 0 Å². The van der Waals surface area contributed by atoms with Gasteiger partial charge in [0.1, 0.15) is 18.5 Å². The van der Waals surface area contributed by atoms with Gasteiger partial charge in [0.15, 0.2) is 0 Å². The molecule has 8 atom stereocenters. The molecule has 3 saturated carbocycles. The number of carbonyl (C=O) groups excluding carboxylic acids is 2. The molecule has 2 bridgehead atoms. The molecule has 0 spiro atoms. The van der Waals surface area contributed by atoms with Crippen molar-refractivity contribution in [3.05, 3.63) is 12.7 Å². The largest absolute Gasteiger partial charge is 0.460 e. The van der Waals surface area contributed by atoms with Gasteiger partial charge in [-0.1, -0.05) is 33.8 Å². The average molecular weight is 379 g/mol. The maximum Gasteiger partial charge on any atom is 0.332 e. The van der Waals surface area contributed by atoms with Gasteiger partial charge in [-0.05, 0) is 48.3 Å². The molecule has 3 fully saturated rings. The number of ether oxygens (including phenoxy) is 1. The van der Waals surface area contributed by atoms with Crippen molar-refractivity contribution in [2.75, 3.05) is 6.61 Å². The number of aliphatic hydroxyl groups is 2. The summed E-state index contributed by atoms with van der Waals surface area (Å²) in [5, 5.41) is 20.6. The van der Waals surface area contributed by atoms with E-state index in [-0.39, 0.29) is 28.4 Å². The Hall–Kier alpha value is -1.20. The highest BCUT2D eigenvalue weighted by atomic mass is 16.6. The molecule has 0 heterocycles. The Kier molecular flexibility index (Phi) is 5.09. The van der Waals surface area contributed by atoms with Crippen LogP contribution in [0.15, 0.2) is 12.7 Å². The first-order chi connectivity index (χ1) is 12.6. The molecule has 3 rings (SSSR count). The molecule has 0 aliphatic heterocycles. The maximum absolute atomic E-state index is 13.1. The van der Waals surface area contributed by atoms with Crippen LogP contribution in [0, 0.1) is 34.0 Å². The summed E-state index contributed by atoms with van der Waals surface area (Å²) >= 11 is 0. The summed E-state index contributed by atoms with van der Waals surface area (Å²) in [4.78, 5) is 25.0. The average Bonchev–Trinajstić information content (AvgIpc) is 3.00. The van der Waals surface area contributed by atoms with Crippen molar-refractivity contribution >= 4 is 11.8 Å². The lowest BCUT2D eigenvalue weighted by Crippen LogP contribution is -2.62. The van der Waals surface area contributed by atoms with E-state index in [1.165, 1.54) is 0 Å². The van der Waals surface area contributed by atoms with Gasteiger partial charge in [-0.15, -0.1) is 6.58 Å². The molecule has 152 valence electrons. The number of esters is 1. The molecule has 27 heavy (non-hydrogen) atoms. The zero-order valence-electron chi connectivity index (χ0n) is 17.0. The van der Waals surface area contributed by atoms with Gasteiger partial charge in [-0.25, -0.2) is 4.79 Å². The van der Waals surface area contributed by atoms with Crippen LogP contribution >= 0.6 is 0 Å². The zero-order valence-corrected chi connectivity index (χ0v) is 17.0. The second-order valence-electron chi connectivity index (χ2n) is 9.72. The van der Waals surface area contributed by atoms with E-state index in [0.29, 0.717) is 18.8 Å².